The van der Waals surface area contributed by atoms with Crippen LogP contribution in [0.5, 0.6) is 0 Å². The van der Waals surface area contributed by atoms with E-state index in [1.807, 2.05) is 0 Å². The molecule has 0 saturated carbocycles. The minimum Gasteiger partial charge on any atom is -0.310 e. The Balaban J connectivity index is 0.916. The van der Waals surface area contributed by atoms with Crippen molar-refractivity contribution in [3.05, 3.63) is 429 Å². The predicted octanol–water partition coefficient (Wildman–Crippen LogP) is 32.2. The van der Waals surface area contributed by atoms with Crippen LogP contribution in [0.3, 0.4) is 0 Å². The highest BCUT2D eigenvalue weighted by Crippen LogP contribution is 2.57. The number of benzene rings is 18. The molecule has 2 aliphatic heterocycles. The molecule has 129 heavy (non-hydrogen) atoms. The van der Waals surface area contributed by atoms with E-state index in [2.05, 4.69) is 508 Å². The average Bonchev–Trinajstić information content (AvgIpc) is 0.981. The van der Waals surface area contributed by atoms with Crippen molar-refractivity contribution >= 4 is 101 Å². The zero-order valence-electron chi connectivity index (χ0n) is 75.5. The minimum atomic E-state index is -0.392. The number of hydrogen-bond acceptors (Lipinski definition) is 2. The predicted molar refractivity (Wildman–Crippen MR) is 553 cm³/mol. The van der Waals surface area contributed by atoms with Crippen molar-refractivity contribution in [3.8, 4) is 112 Å². The van der Waals surface area contributed by atoms with E-state index < -0.39 is 6.71 Å². The van der Waals surface area contributed by atoms with E-state index in [0.717, 1.165) is 157 Å². The molecule has 4 nitrogen and oxygen atoms in total. The van der Waals surface area contributed by atoms with Crippen LogP contribution in [0.4, 0.5) is 34.1 Å². The Morgan fingerprint density at radius 1 is 0.186 bits per heavy atom. The van der Waals surface area contributed by atoms with Gasteiger partial charge in [0.25, 0.3) is 6.71 Å². The van der Waals surface area contributed by atoms with Crippen molar-refractivity contribution < 1.29 is 0 Å². The Hall–Kier alpha value is -14.8. The van der Waals surface area contributed by atoms with E-state index in [1.54, 1.807) is 0 Å². The third-order valence-corrected chi connectivity index (χ3v) is 27.3. The molecular formula is C124H103BN4. The van der Waals surface area contributed by atoms with Crippen LogP contribution in [-0.4, -0.2) is 15.8 Å². The van der Waals surface area contributed by atoms with Gasteiger partial charge in [0.15, 0.2) is 0 Å². The first-order valence-electron chi connectivity index (χ1n) is 45.7. The second kappa shape index (κ2) is 31.1. The molecule has 0 saturated heterocycles. The lowest BCUT2D eigenvalue weighted by molar-refractivity contribution is 0.590. The molecule has 0 unspecified atom stereocenters. The molecule has 0 atom stereocenters. The molecule has 22 rings (SSSR count). The standard InChI is InChI=1S/C124H103BN4/c1-121(2,3)91-59-63-109-103(72-91)104-73-92(122(4,5)6)60-64-110(104)126(109)95-56-37-55-88(67-95)97-78-116-107(76-96(97)82-43-25-15-26-44-82)125-108-77-98(83-45-27-16-28-46-83)115(127-111-65-61-93(123(7,8)9)74-105(111)106-75-94(124(10,11)12)62-66-112(106)127)79-117(108)129(120-101(86-51-33-19-34-52-86)70-90(81-41-23-14-24-42-81)71-102(120)87-53-35-20-36-54-87)114-58-38-57-113(118(114)125)128(116)119-99(84-47-29-17-30-48-84)68-89(80-39-21-13-22-40-80)69-100(119)85-49-31-18-32-50-85/h13-79H,1-12H3. The second-order valence-corrected chi connectivity index (χ2v) is 39.6. The van der Waals surface area contributed by atoms with Crippen molar-refractivity contribution in [1.82, 2.24) is 9.13 Å². The molecule has 0 aliphatic carbocycles. The van der Waals surface area contributed by atoms with Crippen LogP contribution in [0.25, 0.3) is 155 Å². The molecule has 622 valence electrons. The number of aromatic nitrogens is 2. The van der Waals surface area contributed by atoms with Crippen molar-refractivity contribution in [2.24, 2.45) is 0 Å². The third kappa shape index (κ3) is 13.9. The molecule has 0 spiro atoms. The fourth-order valence-electron chi connectivity index (χ4n) is 20.6. The molecule has 4 heterocycles. The lowest BCUT2D eigenvalue weighted by Gasteiger charge is -2.46. The zero-order valence-corrected chi connectivity index (χ0v) is 75.5. The smallest absolute Gasteiger partial charge is 0.252 e. The van der Waals surface area contributed by atoms with Crippen molar-refractivity contribution in [1.29, 1.82) is 0 Å². The normalized spacial score (nSPS) is 12.8. The molecule has 20 aromatic rings. The second-order valence-electron chi connectivity index (χ2n) is 39.6. The number of hydrogen-bond donors (Lipinski definition) is 0. The zero-order chi connectivity index (χ0) is 87.9. The van der Waals surface area contributed by atoms with E-state index in [0.29, 0.717) is 0 Å². The van der Waals surface area contributed by atoms with Gasteiger partial charge in [0.1, 0.15) is 0 Å². The highest BCUT2D eigenvalue weighted by atomic mass is 15.2. The fraction of sp³-hybridized carbons (Fsp3) is 0.129. The number of nitrogens with zero attached hydrogens (tertiary/aromatic N) is 4. The SMILES string of the molecule is CC(C)(C)c1ccc2c(c1)c1cc(C(C)(C)C)ccc1n2-c1cccc(-c2cc3c(cc2-c2ccccc2)B2c4cc(-c5ccccc5)c(-n5c6ccc(C(C)(C)C)cc6c6cc(C(C)(C)C)ccc65)cc4N(c4c(-c5ccccc5)cc(-c5ccccc5)cc4-c4ccccc4)c4cccc(c42)N3c2c(-c3ccccc3)cc(-c3ccccc3)cc2-c2ccccc2)c1. The van der Waals surface area contributed by atoms with Crippen LogP contribution in [0, 0.1) is 0 Å². The van der Waals surface area contributed by atoms with Crippen LogP contribution in [-0.2, 0) is 21.7 Å². The highest BCUT2D eigenvalue weighted by Gasteiger charge is 2.47. The largest absolute Gasteiger partial charge is 0.310 e. The summed E-state index contributed by atoms with van der Waals surface area (Å²) >= 11 is 0. The average molecular weight is 1660 g/mol. The van der Waals surface area contributed by atoms with E-state index >= 15 is 0 Å². The van der Waals surface area contributed by atoms with Gasteiger partial charge >= 0.3 is 0 Å². The monoisotopic (exact) mass is 1660 g/mol. The molecule has 0 N–H and O–H groups in total. The summed E-state index contributed by atoms with van der Waals surface area (Å²) in [6.07, 6.45) is 0. The maximum atomic E-state index is 2.73. The molecule has 18 aromatic carbocycles. The van der Waals surface area contributed by atoms with Gasteiger partial charge < -0.3 is 18.9 Å². The van der Waals surface area contributed by atoms with Crippen molar-refractivity contribution in [2.75, 3.05) is 9.80 Å². The van der Waals surface area contributed by atoms with Crippen LogP contribution in [0.1, 0.15) is 105 Å². The summed E-state index contributed by atoms with van der Waals surface area (Å²) in [6.45, 7) is 27.6. The fourth-order valence-corrected chi connectivity index (χ4v) is 20.6. The van der Waals surface area contributed by atoms with Gasteiger partial charge in [-0.3, -0.25) is 0 Å². The summed E-state index contributed by atoms with van der Waals surface area (Å²) in [7, 11) is 0. The molecule has 5 heteroatoms. The summed E-state index contributed by atoms with van der Waals surface area (Å²) < 4.78 is 5.15. The van der Waals surface area contributed by atoms with Crippen LogP contribution < -0.4 is 26.2 Å². The van der Waals surface area contributed by atoms with E-state index in [4.69, 9.17) is 0 Å². The summed E-state index contributed by atoms with van der Waals surface area (Å²) in [6, 6.07) is 155. The van der Waals surface area contributed by atoms with E-state index in [-0.39, 0.29) is 21.7 Å². The van der Waals surface area contributed by atoms with Gasteiger partial charge in [0.05, 0.1) is 39.1 Å². The summed E-state index contributed by atoms with van der Waals surface area (Å²) in [5.74, 6) is 0. The van der Waals surface area contributed by atoms with Gasteiger partial charge in [-0.1, -0.05) is 380 Å². The molecule has 2 aliphatic rings. The van der Waals surface area contributed by atoms with Crippen LogP contribution >= 0.6 is 0 Å². The number of fused-ring (bicyclic) bond motifs is 10. The van der Waals surface area contributed by atoms with Crippen LogP contribution in [0.15, 0.2) is 406 Å². The Labute approximate surface area is 759 Å². The Morgan fingerprint density at radius 3 is 0.806 bits per heavy atom. The number of anilines is 6. The maximum Gasteiger partial charge on any atom is 0.252 e. The Bertz CT molecular complexity index is 7510. The molecule has 0 amide bonds. The summed E-state index contributed by atoms with van der Waals surface area (Å²) in [4.78, 5) is 5.45. The quantitative estimate of drug-likeness (QED) is 0.107. The highest BCUT2D eigenvalue weighted by molar-refractivity contribution is 7.00. The first kappa shape index (κ1) is 80.1. The summed E-state index contributed by atoms with van der Waals surface area (Å²) in [5.41, 5.74) is 42.0. The lowest BCUT2D eigenvalue weighted by Crippen LogP contribution is -2.61. The first-order chi connectivity index (χ1) is 62.5. The third-order valence-electron chi connectivity index (χ3n) is 27.3. The summed E-state index contributed by atoms with van der Waals surface area (Å²) in [5, 5.41) is 4.98. The molecule has 0 fully saturated rings. The molecule has 0 radical (unpaired) electrons. The van der Waals surface area contributed by atoms with Gasteiger partial charge in [-0.2, -0.15) is 0 Å². The Morgan fingerprint density at radius 2 is 0.465 bits per heavy atom. The Kier molecular flexibility index (Phi) is 19.3. The molecular weight excluding hydrogens is 1560 g/mol. The topological polar surface area (TPSA) is 16.3 Å². The van der Waals surface area contributed by atoms with E-state index in [1.165, 1.54) is 71.2 Å². The minimum absolute atomic E-state index is 0.0609. The first-order valence-corrected chi connectivity index (χ1v) is 45.7. The van der Waals surface area contributed by atoms with Gasteiger partial charge in [-0.05, 0) is 242 Å². The maximum absolute atomic E-state index is 2.73. The van der Waals surface area contributed by atoms with Gasteiger partial charge in [-0.25, -0.2) is 0 Å². The van der Waals surface area contributed by atoms with Crippen molar-refractivity contribution in [2.45, 2.75) is 105 Å². The molecule has 0 bridgehead atoms. The van der Waals surface area contributed by atoms with E-state index in [9.17, 15) is 0 Å². The lowest BCUT2D eigenvalue weighted by atomic mass is 9.33. The van der Waals surface area contributed by atoms with Crippen molar-refractivity contribution in [3.63, 3.8) is 0 Å². The van der Waals surface area contributed by atoms with Gasteiger partial charge in [-0.15, -0.1) is 0 Å². The van der Waals surface area contributed by atoms with Gasteiger partial charge in [0, 0.05) is 77.8 Å². The number of rotatable bonds is 13. The molecule has 2 aromatic heterocycles. The van der Waals surface area contributed by atoms with Gasteiger partial charge in [0.2, 0.25) is 0 Å². The van der Waals surface area contributed by atoms with Crippen LogP contribution in [0.2, 0.25) is 0 Å².